The number of nitrogens with one attached hydrogen (secondary N) is 2. The number of rotatable bonds is 6. The first kappa shape index (κ1) is 18.1. The molecular weight excluding hydrogens is 326 g/mol. The van der Waals surface area contributed by atoms with Gasteiger partial charge in [-0.25, -0.2) is 8.42 Å². The van der Waals surface area contributed by atoms with Crippen molar-refractivity contribution in [2.45, 2.75) is 38.3 Å². The van der Waals surface area contributed by atoms with Crippen molar-refractivity contribution in [1.82, 2.24) is 15.0 Å². The fourth-order valence-corrected chi connectivity index (χ4v) is 3.37. The molecule has 0 spiro atoms. The first-order valence-corrected chi connectivity index (χ1v) is 9.04. The number of aryl methyl sites for hydroxylation is 2. The predicted octanol–water partition coefficient (Wildman–Crippen LogP) is 1.68. The summed E-state index contributed by atoms with van der Waals surface area (Å²) >= 11 is 0. The van der Waals surface area contributed by atoms with E-state index in [-0.39, 0.29) is 4.90 Å². The van der Waals surface area contributed by atoms with Crippen LogP contribution in [0.25, 0.3) is 0 Å². The Morgan fingerprint density at radius 1 is 1.21 bits per heavy atom. The van der Waals surface area contributed by atoms with Crippen molar-refractivity contribution >= 4 is 15.9 Å². The summed E-state index contributed by atoms with van der Waals surface area (Å²) in [5.41, 5.74) is 2.73. The lowest BCUT2D eigenvalue weighted by Crippen LogP contribution is -2.44. The van der Waals surface area contributed by atoms with Gasteiger partial charge in [0.25, 0.3) is 0 Å². The first-order valence-electron chi connectivity index (χ1n) is 7.56. The number of carbonyl (C=O) groups excluding carboxylic acids is 1. The molecule has 1 amide bonds. The zero-order chi connectivity index (χ0) is 17.7. The molecule has 0 aliphatic heterocycles. The maximum absolute atomic E-state index is 12.4. The van der Waals surface area contributed by atoms with Gasteiger partial charge >= 0.3 is 0 Å². The van der Waals surface area contributed by atoms with Gasteiger partial charge in [-0.05, 0) is 55.7 Å². The van der Waals surface area contributed by atoms with Gasteiger partial charge in [-0.15, -0.1) is 0 Å². The molecule has 0 aliphatic carbocycles. The van der Waals surface area contributed by atoms with Gasteiger partial charge in [0.2, 0.25) is 15.9 Å². The van der Waals surface area contributed by atoms with E-state index in [1.165, 1.54) is 13.0 Å². The van der Waals surface area contributed by atoms with Crippen molar-refractivity contribution in [2.24, 2.45) is 0 Å². The van der Waals surface area contributed by atoms with Crippen LogP contribution in [0.2, 0.25) is 0 Å². The second-order valence-corrected chi connectivity index (χ2v) is 7.38. The highest BCUT2D eigenvalue weighted by Gasteiger charge is 2.22. The summed E-state index contributed by atoms with van der Waals surface area (Å²) in [6.07, 6.45) is 3.29. The monoisotopic (exact) mass is 347 g/mol. The zero-order valence-electron chi connectivity index (χ0n) is 13.9. The Bertz CT molecular complexity index is 820. The molecule has 24 heavy (non-hydrogen) atoms. The molecule has 1 aromatic heterocycles. The van der Waals surface area contributed by atoms with Crippen molar-refractivity contribution in [1.29, 1.82) is 0 Å². The van der Waals surface area contributed by atoms with Crippen LogP contribution < -0.4 is 10.0 Å². The van der Waals surface area contributed by atoms with Gasteiger partial charge in [-0.3, -0.25) is 9.78 Å². The topological polar surface area (TPSA) is 88.2 Å². The van der Waals surface area contributed by atoms with Crippen LogP contribution in [0.3, 0.4) is 0 Å². The molecule has 1 heterocycles. The maximum atomic E-state index is 12.4. The lowest BCUT2D eigenvalue weighted by atomic mass is 10.1. The van der Waals surface area contributed by atoms with Crippen LogP contribution in [-0.2, 0) is 21.4 Å². The van der Waals surface area contributed by atoms with Crippen LogP contribution in [0.15, 0.2) is 47.6 Å². The number of amides is 1. The Morgan fingerprint density at radius 3 is 2.58 bits per heavy atom. The smallest absolute Gasteiger partial charge is 0.241 e. The molecular formula is C17H21N3O3S. The number of aromatic nitrogens is 1. The van der Waals surface area contributed by atoms with E-state index in [9.17, 15) is 13.2 Å². The minimum atomic E-state index is -3.75. The Hall–Kier alpha value is -2.25. The molecule has 0 saturated heterocycles. The minimum Gasteiger partial charge on any atom is -0.351 e. The molecule has 0 unspecified atom stereocenters. The highest BCUT2D eigenvalue weighted by Crippen LogP contribution is 2.15. The van der Waals surface area contributed by atoms with Gasteiger partial charge in [0, 0.05) is 18.9 Å². The summed E-state index contributed by atoms with van der Waals surface area (Å²) < 4.78 is 27.2. The van der Waals surface area contributed by atoms with Gasteiger partial charge in [0.05, 0.1) is 10.9 Å². The Balaban J connectivity index is 2.00. The number of carbonyl (C=O) groups is 1. The van der Waals surface area contributed by atoms with Crippen LogP contribution in [0, 0.1) is 13.8 Å². The average molecular weight is 347 g/mol. The van der Waals surface area contributed by atoms with Crippen molar-refractivity contribution in [2.75, 3.05) is 0 Å². The second kappa shape index (κ2) is 7.55. The largest absolute Gasteiger partial charge is 0.351 e. The highest BCUT2D eigenvalue weighted by atomic mass is 32.2. The van der Waals surface area contributed by atoms with E-state index in [0.29, 0.717) is 6.54 Å². The summed E-state index contributed by atoms with van der Waals surface area (Å²) in [6, 6.07) is 7.60. The average Bonchev–Trinajstić information content (AvgIpc) is 2.55. The van der Waals surface area contributed by atoms with Crippen molar-refractivity contribution in [3.8, 4) is 0 Å². The van der Waals surface area contributed by atoms with Gasteiger partial charge in [-0.2, -0.15) is 4.72 Å². The lowest BCUT2D eigenvalue weighted by Gasteiger charge is -2.15. The van der Waals surface area contributed by atoms with E-state index in [4.69, 9.17) is 0 Å². The molecule has 1 atom stereocenters. The molecule has 2 N–H and O–H groups in total. The molecule has 2 aromatic rings. The number of hydrogen-bond donors (Lipinski definition) is 2. The van der Waals surface area contributed by atoms with Crippen LogP contribution >= 0.6 is 0 Å². The minimum absolute atomic E-state index is 0.150. The summed E-state index contributed by atoms with van der Waals surface area (Å²) in [6.45, 7) is 5.56. The molecule has 6 nitrogen and oxygen atoms in total. The molecule has 0 radical (unpaired) electrons. The molecule has 0 saturated carbocycles. The summed E-state index contributed by atoms with van der Waals surface area (Å²) in [7, 11) is -3.75. The van der Waals surface area contributed by atoms with Crippen molar-refractivity contribution in [3.63, 3.8) is 0 Å². The molecule has 0 bridgehead atoms. The van der Waals surface area contributed by atoms with Gasteiger partial charge in [0.1, 0.15) is 0 Å². The van der Waals surface area contributed by atoms with Crippen molar-refractivity contribution in [3.05, 3.63) is 59.4 Å². The highest BCUT2D eigenvalue weighted by molar-refractivity contribution is 7.89. The van der Waals surface area contributed by atoms with Crippen LogP contribution in [-0.4, -0.2) is 25.4 Å². The van der Waals surface area contributed by atoms with E-state index < -0.39 is 22.0 Å². The maximum Gasteiger partial charge on any atom is 0.241 e. The standard InChI is InChI=1S/C17H21N3O3S/c1-12-6-7-16(9-13(12)2)24(22,23)20-14(3)17(21)19-11-15-5-4-8-18-10-15/h4-10,14,20H,11H2,1-3H3,(H,19,21)/t14-/m0/s1. The predicted molar refractivity (Wildman–Crippen MR) is 91.8 cm³/mol. The molecule has 128 valence electrons. The Kier molecular flexibility index (Phi) is 5.69. The molecule has 7 heteroatoms. The van der Waals surface area contributed by atoms with E-state index in [1.807, 2.05) is 19.9 Å². The fourth-order valence-electron chi connectivity index (χ4n) is 2.08. The third kappa shape index (κ3) is 4.62. The van der Waals surface area contributed by atoms with Gasteiger partial charge in [0.15, 0.2) is 0 Å². The van der Waals surface area contributed by atoms with Gasteiger partial charge in [-0.1, -0.05) is 12.1 Å². The molecule has 0 fully saturated rings. The number of nitrogens with zero attached hydrogens (tertiary/aromatic N) is 1. The van der Waals surface area contributed by atoms with E-state index >= 15 is 0 Å². The number of sulfonamides is 1. The fraction of sp³-hybridized carbons (Fsp3) is 0.294. The summed E-state index contributed by atoms with van der Waals surface area (Å²) in [5, 5.41) is 2.69. The number of hydrogen-bond acceptors (Lipinski definition) is 4. The van der Waals surface area contributed by atoms with Crippen molar-refractivity contribution < 1.29 is 13.2 Å². The summed E-state index contributed by atoms with van der Waals surface area (Å²) in [5.74, 6) is -0.397. The van der Waals surface area contributed by atoms with Crippen LogP contribution in [0.1, 0.15) is 23.6 Å². The third-order valence-electron chi connectivity index (χ3n) is 3.70. The third-order valence-corrected chi connectivity index (χ3v) is 5.24. The zero-order valence-corrected chi connectivity index (χ0v) is 14.7. The second-order valence-electron chi connectivity index (χ2n) is 5.67. The summed E-state index contributed by atoms with van der Waals surface area (Å²) in [4.78, 5) is 16.2. The van der Waals surface area contributed by atoms with Gasteiger partial charge < -0.3 is 5.32 Å². The SMILES string of the molecule is Cc1ccc(S(=O)(=O)N[C@@H](C)C(=O)NCc2cccnc2)cc1C. The molecule has 1 aromatic carbocycles. The normalized spacial score (nSPS) is 12.6. The van der Waals surface area contributed by atoms with E-state index in [2.05, 4.69) is 15.0 Å². The van der Waals surface area contributed by atoms with Crippen LogP contribution in [0.5, 0.6) is 0 Å². The lowest BCUT2D eigenvalue weighted by molar-refractivity contribution is -0.122. The van der Waals surface area contributed by atoms with Crippen LogP contribution in [0.4, 0.5) is 0 Å². The quantitative estimate of drug-likeness (QED) is 0.832. The van der Waals surface area contributed by atoms with E-state index in [0.717, 1.165) is 16.7 Å². The van der Waals surface area contributed by atoms with E-state index in [1.54, 1.807) is 30.6 Å². The Morgan fingerprint density at radius 2 is 1.96 bits per heavy atom. The number of benzene rings is 1. The molecule has 0 aliphatic rings. The molecule has 2 rings (SSSR count). The number of pyridine rings is 1. The first-order chi connectivity index (χ1) is 11.3. The Labute approximate surface area is 142 Å².